The van der Waals surface area contributed by atoms with Crippen molar-refractivity contribution in [3.8, 4) is 0 Å². The lowest BCUT2D eigenvalue weighted by Crippen LogP contribution is -2.32. The van der Waals surface area contributed by atoms with Crippen molar-refractivity contribution >= 4 is 5.91 Å². The van der Waals surface area contributed by atoms with Crippen molar-refractivity contribution in [3.05, 3.63) is 65.0 Å². The zero-order chi connectivity index (χ0) is 18.2. The predicted octanol–water partition coefficient (Wildman–Crippen LogP) is 3.36. The maximum atomic E-state index is 13.3. The van der Waals surface area contributed by atoms with Crippen LogP contribution in [0.1, 0.15) is 39.5 Å². The molecule has 1 N–H and O–H groups in total. The lowest BCUT2D eigenvalue weighted by molar-refractivity contribution is -0.138. The van der Waals surface area contributed by atoms with Crippen LogP contribution >= 0.6 is 0 Å². The summed E-state index contributed by atoms with van der Waals surface area (Å²) in [6.07, 6.45) is -2.35. The minimum absolute atomic E-state index is 0.000474. The lowest BCUT2D eigenvalue weighted by atomic mass is 9.97. The van der Waals surface area contributed by atoms with Gasteiger partial charge in [0, 0.05) is 18.9 Å². The van der Waals surface area contributed by atoms with Gasteiger partial charge in [-0.3, -0.25) is 9.78 Å². The van der Waals surface area contributed by atoms with Crippen LogP contribution < -0.4 is 0 Å². The molecule has 0 unspecified atom stereocenters. The smallest absolute Gasteiger partial charge is 0.391 e. The van der Waals surface area contributed by atoms with Gasteiger partial charge in [0.25, 0.3) is 5.91 Å². The molecule has 0 aliphatic carbocycles. The van der Waals surface area contributed by atoms with E-state index in [4.69, 9.17) is 0 Å². The Balaban J connectivity index is 2.00. The second kappa shape index (κ2) is 6.48. The normalized spacial score (nSPS) is 20.8. The third kappa shape index (κ3) is 3.51. The van der Waals surface area contributed by atoms with E-state index in [0.29, 0.717) is 5.56 Å². The summed E-state index contributed by atoms with van der Waals surface area (Å²) in [5.74, 6) is -0.435. The van der Waals surface area contributed by atoms with E-state index in [1.807, 2.05) is 0 Å². The summed E-state index contributed by atoms with van der Waals surface area (Å²) in [5, 5.41) is 9.98. The summed E-state index contributed by atoms with van der Waals surface area (Å²) in [6, 6.07) is 5.98. The Morgan fingerprint density at radius 1 is 1.28 bits per heavy atom. The van der Waals surface area contributed by atoms with E-state index < -0.39 is 29.8 Å². The zero-order valence-electron chi connectivity index (χ0n) is 13.5. The molecule has 1 aliphatic rings. The number of nitrogens with zero attached hydrogens (tertiary/aromatic N) is 2. The number of alkyl halides is 3. The third-order valence-electron chi connectivity index (χ3n) is 4.29. The van der Waals surface area contributed by atoms with Gasteiger partial charge in [-0.2, -0.15) is 13.2 Å². The SMILES string of the molecule is Cc1cncc(C(=O)N2C[C@H](O)C[C@@H]2c2ccccc2C(F)(F)F)c1. The highest BCUT2D eigenvalue weighted by Gasteiger charge is 2.41. The van der Waals surface area contributed by atoms with Crippen molar-refractivity contribution < 1.29 is 23.1 Å². The Kier molecular flexibility index (Phi) is 4.51. The molecule has 25 heavy (non-hydrogen) atoms. The fourth-order valence-electron chi connectivity index (χ4n) is 3.22. The molecule has 4 nitrogen and oxygen atoms in total. The van der Waals surface area contributed by atoms with Gasteiger partial charge in [-0.1, -0.05) is 18.2 Å². The van der Waals surface area contributed by atoms with Crippen LogP contribution in [0.2, 0.25) is 0 Å². The number of β-amino-alcohol motifs (C(OH)–C–C–N with tert-alkyl or cyclic N) is 1. The molecule has 2 heterocycles. The molecule has 0 bridgehead atoms. The average molecular weight is 350 g/mol. The maximum Gasteiger partial charge on any atom is 0.416 e. The first-order valence-electron chi connectivity index (χ1n) is 7.84. The van der Waals surface area contributed by atoms with Gasteiger partial charge >= 0.3 is 6.18 Å². The van der Waals surface area contributed by atoms with E-state index >= 15 is 0 Å². The minimum Gasteiger partial charge on any atom is -0.391 e. The molecule has 0 spiro atoms. The summed E-state index contributed by atoms with van der Waals surface area (Å²) in [5.41, 5.74) is 0.288. The second-order valence-electron chi connectivity index (χ2n) is 6.20. The van der Waals surface area contributed by atoms with Crippen LogP contribution in [0.25, 0.3) is 0 Å². The first-order chi connectivity index (χ1) is 11.8. The van der Waals surface area contributed by atoms with Gasteiger partial charge in [-0.05, 0) is 36.6 Å². The molecule has 1 aliphatic heterocycles. The number of likely N-dealkylation sites (tertiary alicyclic amines) is 1. The number of halogens is 3. The maximum absolute atomic E-state index is 13.3. The Hall–Kier alpha value is -2.41. The number of aliphatic hydroxyl groups is 1. The van der Waals surface area contributed by atoms with E-state index in [1.54, 1.807) is 19.2 Å². The van der Waals surface area contributed by atoms with Crippen molar-refractivity contribution in [3.63, 3.8) is 0 Å². The first-order valence-corrected chi connectivity index (χ1v) is 7.84. The Bertz CT molecular complexity index is 792. The summed E-state index contributed by atoms with van der Waals surface area (Å²) in [4.78, 5) is 18.0. The number of rotatable bonds is 2. The zero-order valence-corrected chi connectivity index (χ0v) is 13.5. The molecule has 3 rings (SSSR count). The number of carbonyl (C=O) groups is 1. The van der Waals surface area contributed by atoms with E-state index in [0.717, 1.165) is 11.6 Å². The van der Waals surface area contributed by atoms with Crippen molar-refractivity contribution in [1.29, 1.82) is 0 Å². The molecular weight excluding hydrogens is 333 g/mol. The van der Waals surface area contributed by atoms with E-state index in [9.17, 15) is 23.1 Å². The molecule has 7 heteroatoms. The number of hydrogen-bond acceptors (Lipinski definition) is 3. The summed E-state index contributed by atoms with van der Waals surface area (Å²) in [7, 11) is 0. The third-order valence-corrected chi connectivity index (χ3v) is 4.29. The number of aliphatic hydroxyl groups excluding tert-OH is 1. The highest BCUT2D eigenvalue weighted by atomic mass is 19.4. The number of hydrogen-bond donors (Lipinski definition) is 1. The van der Waals surface area contributed by atoms with Crippen molar-refractivity contribution in [2.24, 2.45) is 0 Å². The van der Waals surface area contributed by atoms with Gasteiger partial charge < -0.3 is 10.0 Å². The number of carbonyl (C=O) groups excluding carboxylic acids is 1. The van der Waals surface area contributed by atoms with Gasteiger partial charge in [-0.15, -0.1) is 0 Å². The average Bonchev–Trinajstić information content (AvgIpc) is 2.95. The molecule has 1 fully saturated rings. The number of amides is 1. The number of aromatic nitrogens is 1. The summed E-state index contributed by atoms with van der Waals surface area (Å²) < 4.78 is 40.0. The van der Waals surface area contributed by atoms with E-state index in [1.165, 1.54) is 29.3 Å². The van der Waals surface area contributed by atoms with Crippen molar-refractivity contribution in [2.45, 2.75) is 31.7 Å². The highest BCUT2D eigenvalue weighted by Crippen LogP contribution is 2.40. The largest absolute Gasteiger partial charge is 0.416 e. The van der Waals surface area contributed by atoms with Crippen molar-refractivity contribution in [2.75, 3.05) is 6.54 Å². The quantitative estimate of drug-likeness (QED) is 0.904. The molecule has 2 atom stereocenters. The van der Waals surface area contributed by atoms with Crippen LogP contribution in [0.4, 0.5) is 13.2 Å². The molecule has 2 aromatic rings. The number of aryl methyl sites for hydroxylation is 1. The standard InChI is InChI=1S/C18H17F3N2O2/c1-11-6-12(9-22-8-11)17(25)23-10-13(24)7-16(23)14-4-2-3-5-15(14)18(19,20)21/h2-6,8-9,13,16,24H,7,10H2,1H3/t13-,16-/m1/s1. The fourth-order valence-corrected chi connectivity index (χ4v) is 3.22. The van der Waals surface area contributed by atoms with Crippen LogP contribution in [0.3, 0.4) is 0 Å². The van der Waals surface area contributed by atoms with Crippen LogP contribution in [-0.4, -0.2) is 33.5 Å². The lowest BCUT2D eigenvalue weighted by Gasteiger charge is -2.27. The molecule has 0 radical (unpaired) electrons. The molecule has 0 saturated carbocycles. The molecule has 1 amide bonds. The van der Waals surface area contributed by atoms with Gasteiger partial charge in [0.2, 0.25) is 0 Å². The topological polar surface area (TPSA) is 53.4 Å². The molecular formula is C18H17F3N2O2. The van der Waals surface area contributed by atoms with E-state index in [2.05, 4.69) is 4.98 Å². The van der Waals surface area contributed by atoms with Crippen molar-refractivity contribution in [1.82, 2.24) is 9.88 Å². The van der Waals surface area contributed by atoms with E-state index in [-0.39, 0.29) is 18.5 Å². The molecule has 1 aromatic heterocycles. The molecule has 1 saturated heterocycles. The number of benzene rings is 1. The van der Waals surface area contributed by atoms with Gasteiger partial charge in [-0.25, -0.2) is 0 Å². The number of pyridine rings is 1. The summed E-state index contributed by atoms with van der Waals surface area (Å²) in [6.45, 7) is 1.77. The first kappa shape index (κ1) is 17.4. The fraction of sp³-hybridized carbons (Fsp3) is 0.333. The Morgan fingerprint density at radius 3 is 2.68 bits per heavy atom. The van der Waals surface area contributed by atoms with Crippen LogP contribution in [0, 0.1) is 6.92 Å². The Morgan fingerprint density at radius 2 is 2.00 bits per heavy atom. The highest BCUT2D eigenvalue weighted by molar-refractivity contribution is 5.94. The van der Waals surface area contributed by atoms with Gasteiger partial charge in [0.1, 0.15) is 0 Å². The van der Waals surface area contributed by atoms with Crippen LogP contribution in [0.15, 0.2) is 42.7 Å². The van der Waals surface area contributed by atoms with Gasteiger partial charge in [0.05, 0.1) is 23.3 Å². The second-order valence-corrected chi connectivity index (χ2v) is 6.20. The Labute approximate surface area is 142 Å². The minimum atomic E-state index is -4.52. The van der Waals surface area contributed by atoms with Crippen LogP contribution in [-0.2, 0) is 6.18 Å². The monoisotopic (exact) mass is 350 g/mol. The predicted molar refractivity (Wildman–Crippen MR) is 84.8 cm³/mol. The van der Waals surface area contributed by atoms with Gasteiger partial charge in [0.15, 0.2) is 0 Å². The summed E-state index contributed by atoms with van der Waals surface area (Å²) >= 11 is 0. The van der Waals surface area contributed by atoms with Crippen LogP contribution in [0.5, 0.6) is 0 Å². The molecule has 132 valence electrons. The molecule has 1 aromatic carbocycles.